The van der Waals surface area contributed by atoms with Gasteiger partial charge in [0.05, 0.1) is 32.4 Å². The molecule has 120 valence electrons. The molecule has 7 nitrogen and oxygen atoms in total. The number of hydrogen-bond donors (Lipinski definition) is 0. The standard InChI is InChI=1S/C16H19N5O2/c1-12(9-20-11-17-10-19-20)21-8-7-18-16(21)13-5-4-6-14(22-2)15(13)23-3/h4-8,10-12H,9H2,1-3H3/t12-/m1/s1. The molecular formula is C16H19N5O2. The van der Waals surface area contributed by atoms with Crippen molar-refractivity contribution in [2.45, 2.75) is 19.5 Å². The molecule has 0 saturated carbocycles. The number of methoxy groups -OCH3 is 2. The lowest BCUT2D eigenvalue weighted by molar-refractivity contribution is 0.355. The Hall–Kier alpha value is -2.83. The zero-order valence-corrected chi connectivity index (χ0v) is 13.4. The third-order valence-corrected chi connectivity index (χ3v) is 3.71. The van der Waals surface area contributed by atoms with E-state index in [4.69, 9.17) is 9.47 Å². The highest BCUT2D eigenvalue weighted by atomic mass is 16.5. The Labute approximate surface area is 134 Å². The Morgan fingerprint density at radius 3 is 2.78 bits per heavy atom. The molecule has 0 N–H and O–H groups in total. The average molecular weight is 313 g/mol. The first-order valence-electron chi connectivity index (χ1n) is 7.31. The summed E-state index contributed by atoms with van der Waals surface area (Å²) in [6.45, 7) is 2.81. The molecule has 2 heterocycles. The first kappa shape index (κ1) is 15.1. The Kier molecular flexibility index (Phi) is 4.27. The van der Waals surface area contributed by atoms with E-state index < -0.39 is 0 Å². The van der Waals surface area contributed by atoms with Crippen molar-refractivity contribution in [3.63, 3.8) is 0 Å². The van der Waals surface area contributed by atoms with Crippen LogP contribution in [0.4, 0.5) is 0 Å². The highest BCUT2D eigenvalue weighted by Crippen LogP contribution is 2.37. The van der Waals surface area contributed by atoms with Crippen LogP contribution in [-0.4, -0.2) is 38.5 Å². The van der Waals surface area contributed by atoms with Gasteiger partial charge in [-0.05, 0) is 19.1 Å². The summed E-state index contributed by atoms with van der Waals surface area (Å²) in [6.07, 6.45) is 6.98. The fourth-order valence-electron chi connectivity index (χ4n) is 2.63. The number of para-hydroxylation sites is 1. The summed E-state index contributed by atoms with van der Waals surface area (Å²) in [5.74, 6) is 2.19. The lowest BCUT2D eigenvalue weighted by Gasteiger charge is -2.18. The van der Waals surface area contributed by atoms with E-state index in [2.05, 4.69) is 26.6 Å². The van der Waals surface area contributed by atoms with E-state index in [1.807, 2.05) is 24.4 Å². The SMILES string of the molecule is COc1cccc(-c2nccn2[C@H](C)Cn2cncn2)c1OC. The number of aromatic nitrogens is 5. The number of imidazole rings is 1. The summed E-state index contributed by atoms with van der Waals surface area (Å²) in [6, 6.07) is 5.93. The van der Waals surface area contributed by atoms with Crippen LogP contribution in [-0.2, 0) is 6.54 Å². The lowest BCUT2D eigenvalue weighted by Crippen LogP contribution is -2.14. The maximum atomic E-state index is 5.53. The smallest absolute Gasteiger partial charge is 0.171 e. The van der Waals surface area contributed by atoms with Crippen LogP contribution < -0.4 is 9.47 Å². The van der Waals surface area contributed by atoms with Gasteiger partial charge in [-0.15, -0.1) is 0 Å². The van der Waals surface area contributed by atoms with Crippen LogP contribution in [0, 0.1) is 0 Å². The molecule has 3 rings (SSSR count). The Bertz CT molecular complexity index is 767. The molecular weight excluding hydrogens is 294 g/mol. The van der Waals surface area contributed by atoms with E-state index >= 15 is 0 Å². The van der Waals surface area contributed by atoms with Gasteiger partial charge in [0.1, 0.15) is 18.5 Å². The molecule has 23 heavy (non-hydrogen) atoms. The second-order valence-corrected chi connectivity index (χ2v) is 5.17. The van der Waals surface area contributed by atoms with Gasteiger partial charge in [-0.25, -0.2) is 9.97 Å². The van der Waals surface area contributed by atoms with Crippen LogP contribution in [0.2, 0.25) is 0 Å². The van der Waals surface area contributed by atoms with Crippen molar-refractivity contribution in [2.75, 3.05) is 14.2 Å². The highest BCUT2D eigenvalue weighted by molar-refractivity contribution is 5.69. The van der Waals surface area contributed by atoms with Crippen LogP contribution >= 0.6 is 0 Å². The molecule has 0 bridgehead atoms. The van der Waals surface area contributed by atoms with Crippen LogP contribution in [0.25, 0.3) is 11.4 Å². The van der Waals surface area contributed by atoms with Crippen molar-refractivity contribution in [1.82, 2.24) is 24.3 Å². The van der Waals surface area contributed by atoms with Gasteiger partial charge < -0.3 is 14.0 Å². The van der Waals surface area contributed by atoms with Crippen LogP contribution in [0.15, 0.2) is 43.2 Å². The number of rotatable bonds is 6. The molecule has 7 heteroatoms. The number of nitrogens with zero attached hydrogens (tertiary/aromatic N) is 5. The molecule has 1 atom stereocenters. The fourth-order valence-corrected chi connectivity index (χ4v) is 2.63. The van der Waals surface area contributed by atoms with E-state index in [9.17, 15) is 0 Å². The monoisotopic (exact) mass is 313 g/mol. The van der Waals surface area contributed by atoms with Gasteiger partial charge in [0.25, 0.3) is 0 Å². The Balaban J connectivity index is 1.98. The minimum atomic E-state index is 0.158. The van der Waals surface area contributed by atoms with Crippen molar-refractivity contribution in [2.24, 2.45) is 0 Å². The molecule has 0 saturated heterocycles. The van der Waals surface area contributed by atoms with E-state index in [-0.39, 0.29) is 6.04 Å². The molecule has 1 aromatic carbocycles. The molecule has 0 unspecified atom stereocenters. The summed E-state index contributed by atoms with van der Waals surface area (Å²) in [5, 5.41) is 4.16. The third-order valence-electron chi connectivity index (χ3n) is 3.71. The molecule has 2 aromatic heterocycles. The van der Waals surface area contributed by atoms with Crippen molar-refractivity contribution in [3.8, 4) is 22.9 Å². The zero-order chi connectivity index (χ0) is 16.2. The molecule has 0 spiro atoms. The van der Waals surface area contributed by atoms with E-state index in [1.165, 1.54) is 6.33 Å². The van der Waals surface area contributed by atoms with Gasteiger partial charge in [-0.3, -0.25) is 4.68 Å². The van der Waals surface area contributed by atoms with Gasteiger partial charge >= 0.3 is 0 Å². The second kappa shape index (κ2) is 6.51. The van der Waals surface area contributed by atoms with Crippen molar-refractivity contribution >= 4 is 0 Å². The summed E-state index contributed by atoms with van der Waals surface area (Å²) in [7, 11) is 3.26. The average Bonchev–Trinajstić information content (AvgIpc) is 3.25. The van der Waals surface area contributed by atoms with Gasteiger partial charge in [-0.1, -0.05) is 6.07 Å². The van der Waals surface area contributed by atoms with E-state index in [1.54, 1.807) is 31.4 Å². The highest BCUT2D eigenvalue weighted by Gasteiger charge is 2.18. The maximum absolute atomic E-state index is 5.53. The quantitative estimate of drug-likeness (QED) is 0.699. The lowest BCUT2D eigenvalue weighted by atomic mass is 10.1. The molecule has 0 aliphatic carbocycles. The van der Waals surface area contributed by atoms with Gasteiger partial charge in [0.15, 0.2) is 11.5 Å². The number of hydrogen-bond acceptors (Lipinski definition) is 5. The summed E-state index contributed by atoms with van der Waals surface area (Å²) < 4.78 is 14.8. The van der Waals surface area contributed by atoms with Crippen LogP contribution in [0.5, 0.6) is 11.5 Å². The van der Waals surface area contributed by atoms with Crippen molar-refractivity contribution < 1.29 is 9.47 Å². The Morgan fingerprint density at radius 1 is 1.22 bits per heavy atom. The number of benzene rings is 1. The van der Waals surface area contributed by atoms with E-state index in [0.29, 0.717) is 18.0 Å². The predicted molar refractivity (Wildman–Crippen MR) is 85.5 cm³/mol. The first-order chi connectivity index (χ1) is 11.2. The predicted octanol–water partition coefficient (Wildman–Crippen LogP) is 2.42. The maximum Gasteiger partial charge on any atom is 0.171 e. The zero-order valence-electron chi connectivity index (χ0n) is 13.4. The minimum absolute atomic E-state index is 0.158. The van der Waals surface area contributed by atoms with Crippen LogP contribution in [0.3, 0.4) is 0 Å². The summed E-state index contributed by atoms with van der Waals surface area (Å²) in [4.78, 5) is 8.48. The molecule has 0 radical (unpaired) electrons. The normalized spacial score (nSPS) is 12.1. The molecule has 0 amide bonds. The van der Waals surface area contributed by atoms with E-state index in [0.717, 1.165) is 11.4 Å². The Morgan fingerprint density at radius 2 is 2.09 bits per heavy atom. The third kappa shape index (κ3) is 2.90. The van der Waals surface area contributed by atoms with Crippen molar-refractivity contribution in [3.05, 3.63) is 43.2 Å². The topological polar surface area (TPSA) is 67.0 Å². The van der Waals surface area contributed by atoms with Crippen molar-refractivity contribution in [1.29, 1.82) is 0 Å². The van der Waals surface area contributed by atoms with Crippen LogP contribution in [0.1, 0.15) is 13.0 Å². The minimum Gasteiger partial charge on any atom is -0.493 e. The summed E-state index contributed by atoms with van der Waals surface area (Å²) in [5.41, 5.74) is 0.891. The molecule has 0 fully saturated rings. The second-order valence-electron chi connectivity index (χ2n) is 5.17. The van der Waals surface area contributed by atoms with Gasteiger partial charge in [0, 0.05) is 12.4 Å². The summed E-state index contributed by atoms with van der Waals surface area (Å²) >= 11 is 0. The molecule has 0 aliphatic rings. The molecule has 0 aliphatic heterocycles. The largest absolute Gasteiger partial charge is 0.493 e. The fraction of sp³-hybridized carbons (Fsp3) is 0.312. The first-order valence-corrected chi connectivity index (χ1v) is 7.31. The number of ether oxygens (including phenoxy) is 2. The van der Waals surface area contributed by atoms with Gasteiger partial charge in [-0.2, -0.15) is 5.10 Å². The van der Waals surface area contributed by atoms with Gasteiger partial charge in [0.2, 0.25) is 0 Å². The molecule has 3 aromatic rings.